The molecule has 8 aromatic carbocycles. The van der Waals surface area contributed by atoms with Gasteiger partial charge in [0.2, 0.25) is 5.71 Å². The van der Waals surface area contributed by atoms with Gasteiger partial charge in [-0.1, -0.05) is 127 Å². The Bertz CT molecular complexity index is 3960. The number of nitrogens with zero attached hydrogens (tertiary/aromatic N) is 5. The van der Waals surface area contributed by atoms with Crippen LogP contribution in [0.5, 0.6) is 0 Å². The summed E-state index contributed by atoms with van der Waals surface area (Å²) in [6.45, 7) is 0. The molecule has 0 bridgehead atoms. The fourth-order valence-electron chi connectivity index (χ4n) is 9.49. The van der Waals surface area contributed by atoms with E-state index in [9.17, 15) is 5.26 Å². The third-order valence-electron chi connectivity index (χ3n) is 12.0. The van der Waals surface area contributed by atoms with Crippen molar-refractivity contribution in [2.75, 3.05) is 0 Å². The van der Waals surface area contributed by atoms with Gasteiger partial charge >= 0.3 is 0 Å². The van der Waals surface area contributed by atoms with Gasteiger partial charge in [0.05, 0.1) is 55.2 Å². The maximum atomic E-state index is 11.2. The third-order valence-corrected chi connectivity index (χ3v) is 12.0. The standard InChI is InChI=1S/C53H29N5O2/c54-30-33-29-32(48-44-37-21-9-14-26-43(37)60-53(44)56-52(55-48)31-15-3-1-4-16-31)27-28-39(33)58-41-24-12-7-19-35(41)45-49-46(51-47(50(45)58)38-22-10-13-25-42(38)59-51)36-20-8-11-23-40(36)57(49)34-17-5-2-6-18-34/h1-29H. The Morgan fingerprint density at radius 1 is 0.467 bits per heavy atom. The molecule has 0 spiro atoms. The number of benzene rings is 8. The maximum Gasteiger partial charge on any atom is 0.231 e. The summed E-state index contributed by atoms with van der Waals surface area (Å²) in [4.78, 5) is 10.1. The van der Waals surface area contributed by atoms with Crippen molar-refractivity contribution in [3.8, 4) is 40.1 Å². The van der Waals surface area contributed by atoms with E-state index in [0.29, 0.717) is 22.8 Å². The first kappa shape index (κ1) is 32.6. The number of furan rings is 2. The molecule has 0 N–H and O–H groups in total. The van der Waals surface area contributed by atoms with Crippen molar-refractivity contribution in [1.29, 1.82) is 5.26 Å². The molecular weight excluding hydrogens is 739 g/mol. The molecule has 0 unspecified atom stereocenters. The summed E-state index contributed by atoms with van der Waals surface area (Å²) >= 11 is 0. The van der Waals surface area contributed by atoms with E-state index in [4.69, 9.17) is 18.8 Å². The van der Waals surface area contributed by atoms with E-state index >= 15 is 0 Å². The Morgan fingerprint density at radius 3 is 1.77 bits per heavy atom. The van der Waals surface area contributed by atoms with E-state index in [1.165, 1.54) is 0 Å². The summed E-state index contributed by atoms with van der Waals surface area (Å²) in [6, 6.07) is 62.4. The van der Waals surface area contributed by atoms with Gasteiger partial charge in [-0.3, -0.25) is 0 Å². The summed E-state index contributed by atoms with van der Waals surface area (Å²) in [5, 5.41) is 19.2. The minimum Gasteiger partial charge on any atom is -0.455 e. The quantitative estimate of drug-likeness (QED) is 0.178. The monoisotopic (exact) mass is 767 g/mol. The van der Waals surface area contributed by atoms with Gasteiger partial charge in [0.1, 0.15) is 22.8 Å². The van der Waals surface area contributed by atoms with Crippen LogP contribution in [0.2, 0.25) is 0 Å². The predicted molar refractivity (Wildman–Crippen MR) is 241 cm³/mol. The minimum atomic E-state index is 0.497. The molecular formula is C53H29N5O2. The van der Waals surface area contributed by atoms with Crippen molar-refractivity contribution in [2.45, 2.75) is 0 Å². The molecule has 0 fully saturated rings. The zero-order chi connectivity index (χ0) is 39.5. The van der Waals surface area contributed by atoms with Crippen LogP contribution in [0.15, 0.2) is 185 Å². The van der Waals surface area contributed by atoms with Crippen LogP contribution in [0.25, 0.3) is 122 Å². The second-order valence-electron chi connectivity index (χ2n) is 15.2. The summed E-state index contributed by atoms with van der Waals surface area (Å²) < 4.78 is 17.9. The molecule has 5 aromatic heterocycles. The number of para-hydroxylation sites is 5. The van der Waals surface area contributed by atoms with Gasteiger partial charge in [0.25, 0.3) is 0 Å². The van der Waals surface area contributed by atoms with Crippen molar-refractivity contribution in [1.82, 2.24) is 19.1 Å². The number of nitriles is 1. The molecule has 0 amide bonds. The van der Waals surface area contributed by atoms with Gasteiger partial charge in [-0.25, -0.2) is 4.98 Å². The molecule has 5 heterocycles. The lowest BCUT2D eigenvalue weighted by Gasteiger charge is -2.14. The molecule has 0 saturated carbocycles. The van der Waals surface area contributed by atoms with Crippen molar-refractivity contribution >= 4 is 87.6 Å². The van der Waals surface area contributed by atoms with Crippen LogP contribution < -0.4 is 0 Å². The first-order chi connectivity index (χ1) is 29.7. The minimum absolute atomic E-state index is 0.497. The van der Waals surface area contributed by atoms with E-state index in [2.05, 4.69) is 112 Å². The third kappa shape index (κ3) is 4.42. The van der Waals surface area contributed by atoms with Crippen LogP contribution in [0.1, 0.15) is 5.56 Å². The highest BCUT2D eigenvalue weighted by Gasteiger charge is 2.28. The zero-order valence-corrected chi connectivity index (χ0v) is 31.8. The van der Waals surface area contributed by atoms with Gasteiger partial charge in [0.15, 0.2) is 5.82 Å². The van der Waals surface area contributed by atoms with Crippen molar-refractivity contribution in [3.63, 3.8) is 0 Å². The normalized spacial score (nSPS) is 12.0. The molecule has 278 valence electrons. The Balaban J connectivity index is 1.18. The van der Waals surface area contributed by atoms with Crippen LogP contribution in [-0.2, 0) is 0 Å². The second-order valence-corrected chi connectivity index (χ2v) is 15.2. The topological polar surface area (TPSA) is 85.7 Å². The summed E-state index contributed by atoms with van der Waals surface area (Å²) in [7, 11) is 0. The fourth-order valence-corrected chi connectivity index (χ4v) is 9.49. The molecule has 0 aliphatic heterocycles. The van der Waals surface area contributed by atoms with Gasteiger partial charge in [-0.15, -0.1) is 0 Å². The molecule has 13 rings (SSSR count). The molecule has 0 saturated heterocycles. The van der Waals surface area contributed by atoms with Crippen LogP contribution in [0, 0.1) is 11.3 Å². The van der Waals surface area contributed by atoms with Gasteiger partial charge in [0, 0.05) is 43.7 Å². The van der Waals surface area contributed by atoms with Crippen LogP contribution in [0.4, 0.5) is 0 Å². The molecule has 13 aromatic rings. The van der Waals surface area contributed by atoms with Crippen molar-refractivity contribution < 1.29 is 8.83 Å². The summed E-state index contributed by atoms with van der Waals surface area (Å²) in [5.41, 5.74) is 11.6. The lowest BCUT2D eigenvalue weighted by Crippen LogP contribution is -2.00. The van der Waals surface area contributed by atoms with Gasteiger partial charge in [-0.2, -0.15) is 10.2 Å². The van der Waals surface area contributed by atoms with Crippen LogP contribution in [-0.4, -0.2) is 19.1 Å². The van der Waals surface area contributed by atoms with E-state index in [1.54, 1.807) is 0 Å². The molecule has 0 aliphatic carbocycles. The van der Waals surface area contributed by atoms with Crippen LogP contribution in [0.3, 0.4) is 0 Å². The van der Waals surface area contributed by atoms with E-state index < -0.39 is 0 Å². The summed E-state index contributed by atoms with van der Waals surface area (Å²) in [6.07, 6.45) is 0. The molecule has 0 radical (unpaired) electrons. The maximum absolute atomic E-state index is 11.2. The second kappa shape index (κ2) is 12.3. The Hall–Kier alpha value is -8.47. The highest BCUT2D eigenvalue weighted by molar-refractivity contribution is 6.39. The SMILES string of the molecule is N#Cc1cc(-c2nc(-c3ccccc3)nc3oc4ccccc4c23)ccc1-n1c2ccccc2c2c3c(c4ccccc4n3-c3ccccc3)c3oc4ccccc4c3c21. The fraction of sp³-hybridized carbons (Fsp3) is 0. The Morgan fingerprint density at radius 2 is 1.03 bits per heavy atom. The number of aromatic nitrogens is 4. The Labute approximate surface area is 341 Å². The van der Waals surface area contributed by atoms with E-state index in [-0.39, 0.29) is 0 Å². The van der Waals surface area contributed by atoms with Gasteiger partial charge in [-0.05, 0) is 48.5 Å². The zero-order valence-electron chi connectivity index (χ0n) is 31.8. The molecule has 0 atom stereocenters. The lowest BCUT2D eigenvalue weighted by molar-refractivity contribution is 0.653. The molecule has 60 heavy (non-hydrogen) atoms. The number of hydrogen-bond acceptors (Lipinski definition) is 5. The van der Waals surface area contributed by atoms with Crippen LogP contribution >= 0.6 is 0 Å². The summed E-state index contributed by atoms with van der Waals surface area (Å²) in [5.74, 6) is 0.550. The van der Waals surface area contributed by atoms with Crippen molar-refractivity contribution in [2.24, 2.45) is 0 Å². The lowest BCUT2D eigenvalue weighted by atomic mass is 10.0. The predicted octanol–water partition coefficient (Wildman–Crippen LogP) is 13.7. The van der Waals surface area contributed by atoms with E-state index in [1.807, 2.05) is 78.9 Å². The number of rotatable bonds is 4. The first-order valence-electron chi connectivity index (χ1n) is 19.9. The average molecular weight is 768 g/mol. The van der Waals surface area contributed by atoms with Gasteiger partial charge < -0.3 is 18.0 Å². The molecule has 7 heteroatoms. The number of hydrogen-bond donors (Lipinski definition) is 0. The average Bonchev–Trinajstić information content (AvgIpc) is 4.07. The van der Waals surface area contributed by atoms with Crippen molar-refractivity contribution in [3.05, 3.63) is 181 Å². The molecule has 7 nitrogen and oxygen atoms in total. The smallest absolute Gasteiger partial charge is 0.231 e. The Kier molecular flexibility index (Phi) is 6.66. The number of fused-ring (bicyclic) bond motifs is 15. The highest BCUT2D eigenvalue weighted by atomic mass is 16.3. The first-order valence-corrected chi connectivity index (χ1v) is 19.9. The molecule has 0 aliphatic rings. The largest absolute Gasteiger partial charge is 0.455 e. The van der Waals surface area contributed by atoms with E-state index in [0.717, 1.165) is 104 Å². The highest BCUT2D eigenvalue weighted by Crippen LogP contribution is 2.50.